The number of pyridine rings is 1. The molecule has 0 saturated heterocycles. The number of hydrogen-bond donors (Lipinski definition) is 0. The van der Waals surface area contributed by atoms with E-state index in [2.05, 4.69) is 9.55 Å². The zero-order chi connectivity index (χ0) is 12.7. The molecule has 2 aromatic rings. The minimum Gasteiger partial charge on any atom is -0.329 e. The normalized spacial score (nSPS) is 15.1. The van der Waals surface area contributed by atoms with Gasteiger partial charge in [0.15, 0.2) is 0 Å². The van der Waals surface area contributed by atoms with E-state index in [1.807, 2.05) is 12.1 Å². The fraction of sp³-hybridized carbons (Fsp3) is 0.308. The van der Waals surface area contributed by atoms with Crippen LogP contribution in [0.3, 0.4) is 0 Å². The molecule has 1 aliphatic rings. The van der Waals surface area contributed by atoms with Gasteiger partial charge >= 0.3 is 0 Å². The number of allylic oxidation sites excluding steroid dienone is 1. The molecule has 5 nitrogen and oxygen atoms in total. The predicted molar refractivity (Wildman–Crippen MR) is 68.7 cm³/mol. The van der Waals surface area contributed by atoms with E-state index >= 15 is 0 Å². The summed E-state index contributed by atoms with van der Waals surface area (Å²) >= 11 is 0. The molecule has 0 atom stereocenters. The second-order valence-corrected chi connectivity index (χ2v) is 4.53. The van der Waals surface area contributed by atoms with Crippen LogP contribution in [-0.2, 0) is 13.0 Å². The lowest BCUT2D eigenvalue weighted by molar-refractivity contribution is -0.422. The summed E-state index contributed by atoms with van der Waals surface area (Å²) in [6.45, 7) is 2.48. The lowest BCUT2D eigenvalue weighted by Gasteiger charge is -1.96. The summed E-state index contributed by atoms with van der Waals surface area (Å²) in [5, 5.41) is 11.8. The van der Waals surface area contributed by atoms with Crippen molar-refractivity contribution in [1.29, 1.82) is 0 Å². The molecule has 2 aromatic heterocycles. The van der Waals surface area contributed by atoms with E-state index in [1.54, 1.807) is 12.3 Å². The average Bonchev–Trinajstić information content (AvgIpc) is 2.92. The number of fused-ring (bicyclic) bond motifs is 3. The van der Waals surface area contributed by atoms with Crippen molar-refractivity contribution in [2.45, 2.75) is 26.3 Å². The number of aryl methyl sites for hydroxylation is 1. The Morgan fingerprint density at radius 1 is 1.61 bits per heavy atom. The van der Waals surface area contributed by atoms with Gasteiger partial charge in [0.1, 0.15) is 5.65 Å². The second-order valence-electron chi connectivity index (χ2n) is 4.53. The molecule has 3 heterocycles. The molecule has 0 unspecified atom stereocenters. The molecule has 0 N–H and O–H groups in total. The number of nitro groups is 1. The van der Waals surface area contributed by atoms with Crippen LogP contribution in [0.15, 0.2) is 24.0 Å². The number of nitrogens with zero attached hydrogens (tertiary/aromatic N) is 3. The molecule has 0 fully saturated rings. The summed E-state index contributed by atoms with van der Waals surface area (Å²) in [4.78, 5) is 14.8. The van der Waals surface area contributed by atoms with Crippen molar-refractivity contribution < 1.29 is 4.92 Å². The molecule has 0 bridgehead atoms. The summed E-state index contributed by atoms with van der Waals surface area (Å²) in [7, 11) is 0. The molecule has 5 heteroatoms. The van der Waals surface area contributed by atoms with Gasteiger partial charge in [0.2, 0.25) is 5.70 Å². The molecule has 1 aliphatic heterocycles. The first-order chi connectivity index (χ1) is 8.68. The Hall–Kier alpha value is -2.17. The van der Waals surface area contributed by atoms with E-state index < -0.39 is 0 Å². The van der Waals surface area contributed by atoms with E-state index in [0.29, 0.717) is 0 Å². The largest absolute Gasteiger partial charge is 0.329 e. The Bertz CT molecular complexity index is 670. The first kappa shape index (κ1) is 11.0. The lowest BCUT2D eigenvalue weighted by atomic mass is 10.1. The first-order valence-corrected chi connectivity index (χ1v) is 5.97. The van der Waals surface area contributed by atoms with Crippen molar-refractivity contribution in [1.82, 2.24) is 9.55 Å². The van der Waals surface area contributed by atoms with Crippen LogP contribution in [0, 0.1) is 10.1 Å². The number of aromatic nitrogens is 2. The van der Waals surface area contributed by atoms with Gasteiger partial charge in [-0.2, -0.15) is 0 Å². The zero-order valence-corrected chi connectivity index (χ0v) is 10.1. The highest BCUT2D eigenvalue weighted by Crippen LogP contribution is 2.31. The van der Waals surface area contributed by atoms with E-state index in [1.165, 1.54) is 12.6 Å². The monoisotopic (exact) mass is 243 g/mol. The van der Waals surface area contributed by atoms with Crippen LogP contribution in [0.5, 0.6) is 0 Å². The third-order valence-corrected chi connectivity index (χ3v) is 3.41. The van der Waals surface area contributed by atoms with Crippen molar-refractivity contribution in [3.8, 4) is 0 Å². The van der Waals surface area contributed by atoms with Gasteiger partial charge in [0.25, 0.3) is 0 Å². The van der Waals surface area contributed by atoms with Crippen LogP contribution in [0.4, 0.5) is 0 Å². The molecule has 3 rings (SSSR count). The Morgan fingerprint density at radius 2 is 2.44 bits per heavy atom. The van der Waals surface area contributed by atoms with Gasteiger partial charge in [-0.15, -0.1) is 0 Å². The molecule has 0 aromatic carbocycles. The van der Waals surface area contributed by atoms with Gasteiger partial charge in [-0.05, 0) is 25.0 Å². The van der Waals surface area contributed by atoms with Crippen LogP contribution in [-0.4, -0.2) is 14.5 Å². The van der Waals surface area contributed by atoms with E-state index in [4.69, 9.17) is 0 Å². The quantitative estimate of drug-likeness (QED) is 0.601. The third-order valence-electron chi connectivity index (χ3n) is 3.41. The summed E-state index contributed by atoms with van der Waals surface area (Å²) in [5.74, 6) is 0. The minimum absolute atomic E-state index is 0.168. The molecule has 92 valence electrons. The predicted octanol–water partition coefficient (Wildman–Crippen LogP) is 2.62. The van der Waals surface area contributed by atoms with Crippen LogP contribution < -0.4 is 0 Å². The fourth-order valence-electron chi connectivity index (χ4n) is 2.59. The highest BCUT2D eigenvalue weighted by molar-refractivity contribution is 5.89. The van der Waals surface area contributed by atoms with Crippen LogP contribution in [0.2, 0.25) is 0 Å². The Kier molecular flexibility index (Phi) is 2.40. The van der Waals surface area contributed by atoms with E-state index in [0.717, 1.165) is 36.0 Å². The van der Waals surface area contributed by atoms with Gasteiger partial charge in [-0.3, -0.25) is 10.1 Å². The fourth-order valence-corrected chi connectivity index (χ4v) is 2.59. The molecule has 0 radical (unpaired) electrons. The van der Waals surface area contributed by atoms with Crippen molar-refractivity contribution >= 4 is 17.1 Å². The summed E-state index contributed by atoms with van der Waals surface area (Å²) in [6, 6.07) is 3.85. The molecular weight excluding hydrogens is 230 g/mol. The highest BCUT2D eigenvalue weighted by atomic mass is 16.6. The summed E-state index contributed by atoms with van der Waals surface area (Å²) in [6.07, 6.45) is 5.48. The number of hydrogen-bond acceptors (Lipinski definition) is 3. The van der Waals surface area contributed by atoms with Gasteiger partial charge in [-0.25, -0.2) is 4.98 Å². The Morgan fingerprint density at radius 3 is 3.22 bits per heavy atom. The molecule has 0 spiro atoms. The van der Waals surface area contributed by atoms with E-state index in [9.17, 15) is 10.1 Å². The third kappa shape index (κ3) is 1.51. The van der Waals surface area contributed by atoms with Crippen molar-refractivity contribution in [2.24, 2.45) is 0 Å². The van der Waals surface area contributed by atoms with Gasteiger partial charge < -0.3 is 4.57 Å². The van der Waals surface area contributed by atoms with Crippen molar-refractivity contribution in [2.75, 3.05) is 0 Å². The SMILES string of the molecule is C/C(=C\c1c2n(c3ncccc13)CCC2)[N+](=O)[O-]. The maximum Gasteiger partial charge on any atom is 0.243 e. The standard InChI is InChI=1S/C13H13N3O2/c1-9(16(17)18)8-11-10-4-2-6-14-13(10)15-7-3-5-12(11)15/h2,4,6,8H,3,5,7H2,1H3/b9-8+. The van der Waals surface area contributed by atoms with Crippen LogP contribution in [0.1, 0.15) is 24.6 Å². The maximum atomic E-state index is 10.8. The van der Waals surface area contributed by atoms with Gasteiger partial charge in [-0.1, -0.05) is 0 Å². The van der Waals surface area contributed by atoms with Crippen LogP contribution in [0.25, 0.3) is 17.1 Å². The van der Waals surface area contributed by atoms with Crippen LogP contribution >= 0.6 is 0 Å². The Labute approximate surface area is 104 Å². The molecule has 0 amide bonds. The molecular formula is C13H13N3O2. The second kappa shape index (κ2) is 3.94. The average molecular weight is 243 g/mol. The van der Waals surface area contributed by atoms with E-state index in [-0.39, 0.29) is 10.6 Å². The summed E-state index contributed by atoms with van der Waals surface area (Å²) < 4.78 is 2.17. The smallest absolute Gasteiger partial charge is 0.243 e. The highest BCUT2D eigenvalue weighted by Gasteiger charge is 2.21. The van der Waals surface area contributed by atoms with Crippen molar-refractivity contribution in [3.63, 3.8) is 0 Å². The van der Waals surface area contributed by atoms with Gasteiger partial charge in [0, 0.05) is 42.4 Å². The molecule has 18 heavy (non-hydrogen) atoms. The first-order valence-electron chi connectivity index (χ1n) is 5.97. The Balaban J connectivity index is 2.29. The zero-order valence-electron chi connectivity index (χ0n) is 10.1. The number of rotatable bonds is 2. The van der Waals surface area contributed by atoms with Gasteiger partial charge in [0.05, 0.1) is 4.92 Å². The lowest BCUT2D eigenvalue weighted by Crippen LogP contribution is -1.94. The molecule has 0 saturated carbocycles. The topological polar surface area (TPSA) is 61.0 Å². The molecule has 0 aliphatic carbocycles. The minimum atomic E-state index is -0.346. The maximum absolute atomic E-state index is 10.8. The summed E-state index contributed by atoms with van der Waals surface area (Å²) in [5.41, 5.74) is 3.24. The van der Waals surface area contributed by atoms with Crippen molar-refractivity contribution in [3.05, 3.63) is 45.4 Å².